The largest absolute Gasteiger partial charge is 0.310 e. The molecule has 0 radical (unpaired) electrons. The first-order valence-corrected chi connectivity index (χ1v) is 7.81. The molecule has 0 saturated carbocycles. The van der Waals surface area contributed by atoms with E-state index in [1.165, 1.54) is 30.5 Å². The van der Waals surface area contributed by atoms with Gasteiger partial charge in [0, 0.05) is 23.5 Å². The lowest BCUT2D eigenvalue weighted by molar-refractivity contribution is 0.502. The van der Waals surface area contributed by atoms with Crippen molar-refractivity contribution in [3.63, 3.8) is 0 Å². The van der Waals surface area contributed by atoms with Crippen molar-refractivity contribution >= 4 is 11.8 Å². The summed E-state index contributed by atoms with van der Waals surface area (Å²) in [6.45, 7) is 3.17. The van der Waals surface area contributed by atoms with Crippen molar-refractivity contribution in [1.29, 1.82) is 0 Å². The van der Waals surface area contributed by atoms with Gasteiger partial charge in [0.25, 0.3) is 0 Å². The van der Waals surface area contributed by atoms with Gasteiger partial charge in [0.05, 0.1) is 5.75 Å². The topological polar surface area (TPSA) is 37.8 Å². The highest BCUT2D eigenvalue weighted by Crippen LogP contribution is 2.27. The molecule has 0 aromatic carbocycles. The van der Waals surface area contributed by atoms with Gasteiger partial charge in [-0.15, -0.1) is 0 Å². The average Bonchev–Trinajstić information content (AvgIpc) is 2.53. The molecule has 1 aromatic heterocycles. The van der Waals surface area contributed by atoms with Crippen LogP contribution in [0.25, 0.3) is 0 Å². The summed E-state index contributed by atoms with van der Waals surface area (Å²) in [7, 11) is 0. The maximum atomic E-state index is 4.72. The summed E-state index contributed by atoms with van der Waals surface area (Å²) in [5.41, 5.74) is 2.60. The van der Waals surface area contributed by atoms with Crippen LogP contribution in [0.3, 0.4) is 0 Å². The first kappa shape index (κ1) is 12.8. The Kier molecular flexibility index (Phi) is 4.80. The van der Waals surface area contributed by atoms with E-state index < -0.39 is 0 Å². The highest BCUT2D eigenvalue weighted by molar-refractivity contribution is 7.97. The fraction of sp³-hybridized carbons (Fsp3) is 0.692. The lowest BCUT2D eigenvalue weighted by Gasteiger charge is -2.17. The van der Waals surface area contributed by atoms with Crippen LogP contribution in [0, 0.1) is 0 Å². The maximum Gasteiger partial charge on any atom is 0.138 e. The molecule has 0 amide bonds. The number of hydrogen-bond acceptors (Lipinski definition) is 4. The van der Waals surface area contributed by atoms with Gasteiger partial charge in [0.15, 0.2) is 0 Å². The average molecular weight is 251 g/mol. The summed E-state index contributed by atoms with van der Waals surface area (Å²) < 4.78 is 0. The Morgan fingerprint density at radius 1 is 1.47 bits per heavy atom. The van der Waals surface area contributed by atoms with Crippen LogP contribution < -0.4 is 5.32 Å². The molecule has 2 rings (SSSR count). The van der Waals surface area contributed by atoms with E-state index >= 15 is 0 Å². The minimum atomic E-state index is 0.459. The minimum Gasteiger partial charge on any atom is -0.310 e. The van der Waals surface area contributed by atoms with E-state index in [0.29, 0.717) is 6.04 Å². The number of nitrogens with one attached hydrogen (secondary N) is 1. The molecule has 1 heterocycles. The SMILES string of the molecule is CCNC1CCCCc2nc(CSC)ncc21. The van der Waals surface area contributed by atoms with Crippen LogP contribution in [0.15, 0.2) is 6.20 Å². The van der Waals surface area contributed by atoms with Crippen LogP contribution in [0.5, 0.6) is 0 Å². The Hall–Kier alpha value is -0.610. The molecule has 1 unspecified atom stereocenters. The van der Waals surface area contributed by atoms with Gasteiger partial charge >= 0.3 is 0 Å². The van der Waals surface area contributed by atoms with Gasteiger partial charge in [-0.2, -0.15) is 11.8 Å². The van der Waals surface area contributed by atoms with E-state index in [0.717, 1.165) is 24.5 Å². The van der Waals surface area contributed by atoms with Gasteiger partial charge in [-0.05, 0) is 32.1 Å². The number of thioether (sulfide) groups is 1. The second kappa shape index (κ2) is 6.36. The molecular formula is C13H21N3S. The third-order valence-electron chi connectivity index (χ3n) is 3.21. The fourth-order valence-corrected chi connectivity index (χ4v) is 2.81. The van der Waals surface area contributed by atoms with E-state index in [9.17, 15) is 0 Å². The van der Waals surface area contributed by atoms with Gasteiger partial charge < -0.3 is 5.32 Å². The third-order valence-corrected chi connectivity index (χ3v) is 3.75. The van der Waals surface area contributed by atoms with Crippen LogP contribution in [-0.2, 0) is 12.2 Å². The molecule has 94 valence electrons. The number of aromatic nitrogens is 2. The lowest BCUT2D eigenvalue weighted by atomic mass is 10.1. The zero-order chi connectivity index (χ0) is 12.1. The summed E-state index contributed by atoms with van der Waals surface area (Å²) in [6, 6.07) is 0.459. The summed E-state index contributed by atoms with van der Waals surface area (Å²) in [4.78, 5) is 9.21. The highest BCUT2D eigenvalue weighted by atomic mass is 32.2. The molecule has 0 aliphatic heterocycles. The molecule has 1 aliphatic carbocycles. The number of aryl methyl sites for hydroxylation is 1. The van der Waals surface area contributed by atoms with Gasteiger partial charge in [0.2, 0.25) is 0 Å². The molecule has 1 aromatic rings. The molecule has 0 saturated heterocycles. The van der Waals surface area contributed by atoms with Crippen molar-refractivity contribution in [2.75, 3.05) is 12.8 Å². The Morgan fingerprint density at radius 2 is 2.35 bits per heavy atom. The van der Waals surface area contributed by atoms with E-state index in [2.05, 4.69) is 23.5 Å². The third kappa shape index (κ3) is 3.19. The predicted molar refractivity (Wildman–Crippen MR) is 73.2 cm³/mol. The summed E-state index contributed by atoms with van der Waals surface area (Å²) in [5, 5.41) is 3.55. The van der Waals surface area contributed by atoms with E-state index in [1.54, 1.807) is 11.8 Å². The molecule has 0 bridgehead atoms. The summed E-state index contributed by atoms with van der Waals surface area (Å²) >= 11 is 1.78. The first-order chi connectivity index (χ1) is 8.35. The summed E-state index contributed by atoms with van der Waals surface area (Å²) in [6.07, 6.45) is 9.01. The van der Waals surface area contributed by atoms with Crippen molar-refractivity contribution in [1.82, 2.24) is 15.3 Å². The Morgan fingerprint density at radius 3 is 3.12 bits per heavy atom. The van der Waals surface area contributed by atoms with Crippen molar-refractivity contribution in [3.05, 3.63) is 23.3 Å². The van der Waals surface area contributed by atoms with Crippen molar-refractivity contribution in [2.24, 2.45) is 0 Å². The monoisotopic (exact) mass is 251 g/mol. The quantitative estimate of drug-likeness (QED) is 0.835. The van der Waals surface area contributed by atoms with E-state index in [4.69, 9.17) is 4.98 Å². The van der Waals surface area contributed by atoms with Crippen LogP contribution >= 0.6 is 11.8 Å². The number of rotatable bonds is 4. The molecule has 3 nitrogen and oxygen atoms in total. The van der Waals surface area contributed by atoms with Crippen LogP contribution in [-0.4, -0.2) is 22.8 Å². The van der Waals surface area contributed by atoms with Crippen LogP contribution in [0.1, 0.15) is 49.3 Å². The van der Waals surface area contributed by atoms with Crippen LogP contribution in [0.4, 0.5) is 0 Å². The van der Waals surface area contributed by atoms with Gasteiger partial charge in [-0.1, -0.05) is 13.3 Å². The molecule has 4 heteroatoms. The zero-order valence-electron chi connectivity index (χ0n) is 10.7. The van der Waals surface area contributed by atoms with Gasteiger partial charge in [0.1, 0.15) is 5.82 Å². The van der Waals surface area contributed by atoms with Gasteiger partial charge in [-0.3, -0.25) is 0 Å². The molecule has 1 N–H and O–H groups in total. The molecular weight excluding hydrogens is 230 g/mol. The molecule has 0 spiro atoms. The Balaban J connectivity index is 2.25. The Labute approximate surface area is 108 Å². The summed E-state index contributed by atoms with van der Waals surface area (Å²) in [5.74, 6) is 1.90. The number of hydrogen-bond donors (Lipinski definition) is 1. The van der Waals surface area contributed by atoms with Crippen molar-refractivity contribution in [2.45, 2.75) is 44.4 Å². The molecule has 0 fully saturated rings. The van der Waals surface area contributed by atoms with Crippen molar-refractivity contribution < 1.29 is 0 Å². The van der Waals surface area contributed by atoms with Gasteiger partial charge in [-0.25, -0.2) is 9.97 Å². The maximum absolute atomic E-state index is 4.72. The lowest BCUT2D eigenvalue weighted by Crippen LogP contribution is -2.22. The normalized spacial score (nSPS) is 19.8. The second-order valence-corrected chi connectivity index (χ2v) is 5.34. The smallest absolute Gasteiger partial charge is 0.138 e. The van der Waals surface area contributed by atoms with E-state index in [-0.39, 0.29) is 0 Å². The second-order valence-electron chi connectivity index (χ2n) is 4.48. The van der Waals surface area contributed by atoms with Crippen molar-refractivity contribution in [3.8, 4) is 0 Å². The predicted octanol–water partition coefficient (Wildman–Crippen LogP) is 2.72. The molecule has 17 heavy (non-hydrogen) atoms. The fourth-order valence-electron chi connectivity index (χ4n) is 2.41. The highest BCUT2D eigenvalue weighted by Gasteiger charge is 2.19. The molecule has 1 atom stereocenters. The number of nitrogens with zero attached hydrogens (tertiary/aromatic N) is 2. The van der Waals surface area contributed by atoms with E-state index in [1.807, 2.05) is 6.20 Å². The minimum absolute atomic E-state index is 0.459. The first-order valence-electron chi connectivity index (χ1n) is 6.42. The standard InChI is InChI=1S/C13H21N3S/c1-3-14-11-6-4-5-7-12-10(11)8-15-13(16-12)9-17-2/h8,11,14H,3-7,9H2,1-2H3. The Bertz CT molecular complexity index is 368. The number of fused-ring (bicyclic) bond motifs is 1. The zero-order valence-corrected chi connectivity index (χ0v) is 11.5. The molecule has 1 aliphatic rings. The van der Waals surface area contributed by atoms with Crippen LogP contribution in [0.2, 0.25) is 0 Å².